The molecule has 1 aliphatic heterocycles. The van der Waals surface area contributed by atoms with Crippen LogP contribution in [0.25, 0.3) is 11.3 Å². The van der Waals surface area contributed by atoms with E-state index in [9.17, 15) is 32.3 Å². The maximum Gasteiger partial charge on any atom is 0.416 e. The van der Waals surface area contributed by atoms with Gasteiger partial charge in [0, 0.05) is 60.3 Å². The smallest absolute Gasteiger partial charge is 0.416 e. The molecule has 4 aromatic rings. The van der Waals surface area contributed by atoms with E-state index in [0.29, 0.717) is 73.0 Å². The molecule has 5 rings (SSSR count). The van der Waals surface area contributed by atoms with Crippen LogP contribution in [0.1, 0.15) is 67.9 Å². The Morgan fingerprint density at radius 3 is 2.18 bits per heavy atom. The van der Waals surface area contributed by atoms with Crippen molar-refractivity contribution in [2.75, 3.05) is 83.6 Å². The Morgan fingerprint density at radius 1 is 0.817 bits per heavy atom. The summed E-state index contributed by atoms with van der Waals surface area (Å²) in [6, 6.07) is 19.9. The first-order valence-electron chi connectivity index (χ1n) is 19.6. The van der Waals surface area contributed by atoms with E-state index in [4.69, 9.17) is 19.3 Å². The molecule has 0 spiro atoms. The van der Waals surface area contributed by atoms with E-state index in [2.05, 4.69) is 25.4 Å². The lowest BCUT2D eigenvalue weighted by atomic mass is 10.0. The zero-order chi connectivity index (χ0) is 43.3. The largest absolute Gasteiger partial charge is 0.481 e. The number of aldehydes is 1. The average molecular weight is 836 g/mol. The number of benzene rings is 3. The second-order valence-corrected chi connectivity index (χ2v) is 14.1. The highest BCUT2D eigenvalue weighted by Gasteiger charge is 2.30. The van der Waals surface area contributed by atoms with E-state index >= 15 is 0 Å². The van der Waals surface area contributed by atoms with Gasteiger partial charge in [0.05, 0.1) is 63.0 Å². The van der Waals surface area contributed by atoms with Crippen molar-refractivity contribution in [3.63, 3.8) is 0 Å². The summed E-state index contributed by atoms with van der Waals surface area (Å²) in [5, 5.41) is 13.9. The number of aromatic nitrogens is 1. The topological polar surface area (TPSA) is 160 Å². The Morgan fingerprint density at radius 2 is 1.50 bits per heavy atom. The van der Waals surface area contributed by atoms with E-state index in [1.54, 1.807) is 30.3 Å². The number of nitrogens with one attached hydrogen (secondary N) is 2. The van der Waals surface area contributed by atoms with Crippen LogP contribution < -0.4 is 15.5 Å². The van der Waals surface area contributed by atoms with Gasteiger partial charge in [0.1, 0.15) is 6.29 Å². The first kappa shape index (κ1) is 47.0. The molecule has 13 nitrogen and oxygen atoms in total. The van der Waals surface area contributed by atoms with Crippen molar-refractivity contribution in [2.45, 2.75) is 38.4 Å². The molecule has 16 heteroatoms. The molecule has 1 fully saturated rings. The second kappa shape index (κ2) is 24.4. The minimum Gasteiger partial charge on any atom is -0.481 e. The summed E-state index contributed by atoms with van der Waals surface area (Å²) >= 11 is 0. The fourth-order valence-corrected chi connectivity index (χ4v) is 5.96. The molecule has 0 aliphatic carbocycles. The van der Waals surface area contributed by atoms with Crippen molar-refractivity contribution in [1.29, 1.82) is 0 Å². The minimum atomic E-state index is -4.48. The fourth-order valence-electron chi connectivity index (χ4n) is 5.96. The van der Waals surface area contributed by atoms with Gasteiger partial charge in [-0.3, -0.25) is 24.2 Å². The number of anilines is 2. The van der Waals surface area contributed by atoms with Gasteiger partial charge in [-0.1, -0.05) is 24.3 Å². The van der Waals surface area contributed by atoms with Gasteiger partial charge in [0.2, 0.25) is 0 Å². The van der Waals surface area contributed by atoms with Crippen LogP contribution in [-0.2, 0) is 31.7 Å². The molecule has 322 valence electrons. The summed E-state index contributed by atoms with van der Waals surface area (Å²) in [5.74, 6) is -1.74. The number of amides is 2. The molecule has 3 N–H and O–H groups in total. The van der Waals surface area contributed by atoms with Gasteiger partial charge in [-0.05, 0) is 93.5 Å². The van der Waals surface area contributed by atoms with Crippen molar-refractivity contribution in [3.8, 4) is 11.3 Å². The molecule has 1 saturated heterocycles. The third kappa shape index (κ3) is 16.2. The Kier molecular flexibility index (Phi) is 19.1. The van der Waals surface area contributed by atoms with Crippen LogP contribution in [0, 0.1) is 0 Å². The second-order valence-electron chi connectivity index (χ2n) is 14.1. The summed E-state index contributed by atoms with van der Waals surface area (Å²) in [5.41, 5.74) is 2.93. The zero-order valence-electron chi connectivity index (χ0n) is 33.8. The summed E-state index contributed by atoms with van der Waals surface area (Å²) < 4.78 is 54.9. The first-order chi connectivity index (χ1) is 28.8. The predicted octanol–water partition coefficient (Wildman–Crippen LogP) is 6.83. The number of aliphatic carboxylic acids is 1. The summed E-state index contributed by atoms with van der Waals surface area (Å²) in [6.45, 7) is 5.54. The standard InChI is InChI=1S/C33H29F3N4O3.C11H23NO5/c34-33(35,36)26-9-5-6-22(17-26)20-38-31(42)25-12-13-37-30(18-25)28-19-27(40-14-2-1-3-15-40)10-11-29(28)39-32(43)24-8-4-7-23(16-24)21-41;1-12(2)4-6-16-8-10-17-9-7-15-5-3-11(13)14/h4-13,16-19,21H,1-3,14-15,20H2,(H,38,42)(H,39,43);3-10H2,1-2H3,(H,13,14). The number of hydrogen-bond donors (Lipinski definition) is 3. The van der Waals surface area contributed by atoms with Crippen molar-refractivity contribution in [1.82, 2.24) is 15.2 Å². The quantitative estimate of drug-likeness (QED) is 0.0633. The van der Waals surface area contributed by atoms with Crippen molar-refractivity contribution in [3.05, 3.63) is 113 Å². The van der Waals surface area contributed by atoms with Gasteiger partial charge in [-0.25, -0.2) is 0 Å². The maximum atomic E-state index is 13.1. The van der Waals surface area contributed by atoms with Crippen LogP contribution in [0.2, 0.25) is 0 Å². The molecule has 0 atom stereocenters. The molecular formula is C44H52F3N5O8. The molecule has 0 radical (unpaired) electrons. The van der Waals surface area contributed by atoms with Gasteiger partial charge < -0.3 is 39.8 Å². The summed E-state index contributed by atoms with van der Waals surface area (Å²) in [6.07, 6.45) is 1.00. The highest BCUT2D eigenvalue weighted by atomic mass is 19.4. The number of hydrogen-bond acceptors (Lipinski definition) is 10. The number of carbonyl (C=O) groups is 4. The number of carbonyl (C=O) groups excluding carboxylic acids is 3. The number of nitrogens with zero attached hydrogens (tertiary/aromatic N) is 3. The lowest BCUT2D eigenvalue weighted by Crippen LogP contribution is -2.29. The Hall–Kier alpha value is -5.68. The molecule has 0 bridgehead atoms. The molecule has 0 unspecified atom stereocenters. The van der Waals surface area contributed by atoms with Gasteiger partial charge in [-0.2, -0.15) is 13.2 Å². The number of piperidine rings is 1. The number of likely N-dealkylation sites (N-methyl/N-ethyl adjacent to an activating group) is 1. The highest BCUT2D eigenvalue weighted by Crippen LogP contribution is 2.33. The summed E-state index contributed by atoms with van der Waals surface area (Å²) in [7, 11) is 3.99. The number of halogens is 3. The number of alkyl halides is 3. The minimum absolute atomic E-state index is 0.0354. The molecule has 2 amide bonds. The maximum absolute atomic E-state index is 13.1. The number of pyridine rings is 1. The van der Waals surface area contributed by atoms with Crippen molar-refractivity contribution < 1.29 is 51.7 Å². The van der Waals surface area contributed by atoms with Gasteiger partial charge in [0.25, 0.3) is 11.8 Å². The lowest BCUT2D eigenvalue weighted by Gasteiger charge is -2.29. The Balaban J connectivity index is 0.000000395. The molecule has 3 aromatic carbocycles. The average Bonchev–Trinajstić information content (AvgIpc) is 3.25. The molecule has 1 aliphatic rings. The van der Waals surface area contributed by atoms with E-state index in [0.717, 1.165) is 56.7 Å². The van der Waals surface area contributed by atoms with Crippen molar-refractivity contribution in [2.24, 2.45) is 0 Å². The third-order valence-corrected chi connectivity index (χ3v) is 9.15. The summed E-state index contributed by atoms with van der Waals surface area (Å²) in [4.78, 5) is 56.3. The molecule has 1 aromatic heterocycles. The lowest BCUT2D eigenvalue weighted by molar-refractivity contribution is -0.139. The number of carboxylic acids is 1. The van der Waals surface area contributed by atoms with E-state index in [1.165, 1.54) is 30.5 Å². The van der Waals surface area contributed by atoms with Crippen LogP contribution in [-0.4, -0.2) is 112 Å². The van der Waals surface area contributed by atoms with E-state index in [1.807, 2.05) is 26.2 Å². The number of ether oxygens (including phenoxy) is 3. The monoisotopic (exact) mass is 835 g/mol. The number of rotatable bonds is 20. The number of carboxylic acid groups (broad SMARTS) is 1. The van der Waals surface area contributed by atoms with Crippen LogP contribution in [0.3, 0.4) is 0 Å². The zero-order valence-corrected chi connectivity index (χ0v) is 33.8. The van der Waals surface area contributed by atoms with Gasteiger partial charge in [0.15, 0.2) is 0 Å². The van der Waals surface area contributed by atoms with Crippen LogP contribution in [0.5, 0.6) is 0 Å². The molecule has 2 heterocycles. The normalized spacial score (nSPS) is 12.7. The van der Waals surface area contributed by atoms with Crippen LogP contribution >= 0.6 is 0 Å². The van der Waals surface area contributed by atoms with Gasteiger partial charge in [-0.15, -0.1) is 0 Å². The third-order valence-electron chi connectivity index (χ3n) is 9.15. The molecular weight excluding hydrogens is 784 g/mol. The Bertz CT molecular complexity index is 2010. The van der Waals surface area contributed by atoms with E-state index in [-0.39, 0.29) is 25.1 Å². The van der Waals surface area contributed by atoms with Crippen LogP contribution in [0.4, 0.5) is 24.5 Å². The highest BCUT2D eigenvalue weighted by molar-refractivity contribution is 6.07. The fraction of sp³-hybridized carbons (Fsp3) is 0.386. The van der Waals surface area contributed by atoms with Gasteiger partial charge >= 0.3 is 12.1 Å². The predicted molar refractivity (Wildman–Crippen MR) is 221 cm³/mol. The first-order valence-corrected chi connectivity index (χ1v) is 19.6. The molecule has 60 heavy (non-hydrogen) atoms. The van der Waals surface area contributed by atoms with E-state index < -0.39 is 29.5 Å². The molecule has 0 saturated carbocycles. The SMILES string of the molecule is CN(C)CCOCCOCCOCCC(=O)O.O=Cc1cccc(C(=O)Nc2ccc(N3CCCCC3)cc2-c2cc(C(=O)NCc3cccc(C(F)(F)F)c3)ccn2)c1. The Labute approximate surface area is 347 Å². The van der Waals surface area contributed by atoms with Crippen molar-refractivity contribution >= 4 is 35.4 Å². The van der Waals surface area contributed by atoms with Crippen LogP contribution in [0.15, 0.2) is 85.1 Å².